The number of hydrogen-bond acceptors (Lipinski definition) is 3. The topological polar surface area (TPSA) is 38.0 Å². The zero-order valence-electron chi connectivity index (χ0n) is 10.1. The van der Waals surface area contributed by atoms with Gasteiger partial charge in [-0.15, -0.1) is 11.8 Å². The molecule has 1 unspecified atom stereocenters. The van der Waals surface area contributed by atoms with Crippen molar-refractivity contribution in [1.82, 2.24) is 5.43 Å². The largest absolute Gasteiger partial charge is 0.271 e. The maximum absolute atomic E-state index is 12.8. The van der Waals surface area contributed by atoms with E-state index in [1.54, 1.807) is 23.9 Å². The van der Waals surface area contributed by atoms with E-state index in [0.717, 1.165) is 16.2 Å². The van der Waals surface area contributed by atoms with Crippen molar-refractivity contribution >= 4 is 23.4 Å². The van der Waals surface area contributed by atoms with Crippen molar-refractivity contribution in [3.63, 3.8) is 0 Å². The highest BCUT2D eigenvalue weighted by Gasteiger charge is 2.10. The summed E-state index contributed by atoms with van der Waals surface area (Å²) in [6.07, 6.45) is 0. The number of hydrazine groups is 1. The van der Waals surface area contributed by atoms with Crippen molar-refractivity contribution in [3.05, 3.63) is 64.9 Å². The fourth-order valence-electron chi connectivity index (χ4n) is 1.67. The fourth-order valence-corrected chi connectivity index (χ4v) is 2.85. The second kappa shape index (κ2) is 6.91. The monoisotopic (exact) mass is 296 g/mol. The summed E-state index contributed by atoms with van der Waals surface area (Å²) < 4.78 is 12.8. The lowest BCUT2D eigenvalue weighted by molar-refractivity contribution is 0.610. The number of thioether (sulfide) groups is 1. The van der Waals surface area contributed by atoms with Crippen molar-refractivity contribution in [3.8, 4) is 0 Å². The van der Waals surface area contributed by atoms with Gasteiger partial charge in [-0.1, -0.05) is 23.7 Å². The summed E-state index contributed by atoms with van der Waals surface area (Å²) in [6.45, 7) is 0. The minimum absolute atomic E-state index is 0.00578. The Bertz CT molecular complexity index is 533. The lowest BCUT2D eigenvalue weighted by Crippen LogP contribution is -2.29. The molecule has 0 amide bonds. The minimum atomic E-state index is -0.229. The summed E-state index contributed by atoms with van der Waals surface area (Å²) in [5.74, 6) is 6.09. The van der Waals surface area contributed by atoms with Crippen molar-refractivity contribution in [2.75, 3.05) is 5.75 Å². The smallest absolute Gasteiger partial charge is 0.123 e. The Morgan fingerprint density at radius 1 is 1.21 bits per heavy atom. The number of halogens is 2. The molecule has 1 atom stereocenters. The molecule has 0 saturated heterocycles. The van der Waals surface area contributed by atoms with Gasteiger partial charge >= 0.3 is 0 Å². The average molecular weight is 297 g/mol. The number of nitrogens with one attached hydrogen (secondary N) is 1. The molecule has 2 rings (SSSR count). The van der Waals surface area contributed by atoms with Gasteiger partial charge in [-0.3, -0.25) is 11.3 Å². The Labute approximate surface area is 121 Å². The highest BCUT2D eigenvalue weighted by atomic mass is 35.5. The Morgan fingerprint density at radius 2 is 1.95 bits per heavy atom. The van der Waals surface area contributed by atoms with Crippen LogP contribution in [0.2, 0.25) is 5.02 Å². The highest BCUT2D eigenvalue weighted by Crippen LogP contribution is 2.25. The highest BCUT2D eigenvalue weighted by molar-refractivity contribution is 7.99. The first kappa shape index (κ1) is 14.3. The second-order valence-electron chi connectivity index (χ2n) is 4.04. The van der Waals surface area contributed by atoms with Crippen LogP contribution in [0.5, 0.6) is 0 Å². The minimum Gasteiger partial charge on any atom is -0.271 e. The molecule has 2 aromatic carbocycles. The van der Waals surface area contributed by atoms with Gasteiger partial charge in [0.25, 0.3) is 0 Å². The van der Waals surface area contributed by atoms with Crippen molar-refractivity contribution in [2.24, 2.45) is 5.84 Å². The molecule has 0 spiro atoms. The molecule has 0 aliphatic rings. The maximum atomic E-state index is 12.8. The Kier molecular flexibility index (Phi) is 5.22. The quantitative estimate of drug-likeness (QED) is 0.501. The molecule has 0 radical (unpaired) electrons. The summed E-state index contributed by atoms with van der Waals surface area (Å²) in [6, 6.07) is 14.0. The number of hydrogen-bond donors (Lipinski definition) is 2. The first-order valence-corrected chi connectivity index (χ1v) is 7.15. The summed E-state index contributed by atoms with van der Waals surface area (Å²) in [5, 5.41) is 0.685. The summed E-state index contributed by atoms with van der Waals surface area (Å²) in [5.41, 5.74) is 3.81. The molecule has 0 heterocycles. The Hall–Kier alpha value is -1.07. The lowest BCUT2D eigenvalue weighted by Gasteiger charge is -2.16. The molecule has 0 bridgehead atoms. The van der Waals surface area contributed by atoms with Crippen LogP contribution in [0.25, 0.3) is 0 Å². The van der Waals surface area contributed by atoms with Crippen LogP contribution >= 0.6 is 23.4 Å². The SMILES string of the molecule is NNC(CSc1ccc(F)cc1)c1cccc(Cl)c1. The van der Waals surface area contributed by atoms with E-state index in [1.165, 1.54) is 12.1 Å². The number of rotatable bonds is 5. The van der Waals surface area contributed by atoms with E-state index < -0.39 is 0 Å². The average Bonchev–Trinajstić information content (AvgIpc) is 2.42. The van der Waals surface area contributed by atoms with Crippen LogP contribution in [0.1, 0.15) is 11.6 Å². The molecule has 0 saturated carbocycles. The molecule has 19 heavy (non-hydrogen) atoms. The first-order chi connectivity index (χ1) is 9.19. The first-order valence-electron chi connectivity index (χ1n) is 5.79. The van der Waals surface area contributed by atoms with E-state index in [2.05, 4.69) is 5.43 Å². The molecule has 0 aliphatic heterocycles. The van der Waals surface area contributed by atoms with E-state index in [4.69, 9.17) is 17.4 Å². The number of nitrogens with two attached hydrogens (primary N) is 1. The van der Waals surface area contributed by atoms with Crippen LogP contribution in [0.4, 0.5) is 4.39 Å². The Morgan fingerprint density at radius 3 is 2.58 bits per heavy atom. The third kappa shape index (κ3) is 4.21. The van der Waals surface area contributed by atoms with Gasteiger partial charge in [0.1, 0.15) is 5.82 Å². The predicted octanol–water partition coefficient (Wildman–Crippen LogP) is 3.78. The van der Waals surface area contributed by atoms with Gasteiger partial charge < -0.3 is 0 Å². The molecule has 5 heteroatoms. The molecular weight excluding hydrogens is 283 g/mol. The predicted molar refractivity (Wildman–Crippen MR) is 78.6 cm³/mol. The van der Waals surface area contributed by atoms with Crippen LogP contribution in [0.3, 0.4) is 0 Å². The van der Waals surface area contributed by atoms with E-state index in [0.29, 0.717) is 5.02 Å². The second-order valence-corrected chi connectivity index (χ2v) is 5.57. The molecule has 2 nitrogen and oxygen atoms in total. The lowest BCUT2D eigenvalue weighted by atomic mass is 10.1. The van der Waals surface area contributed by atoms with Crippen LogP contribution in [0, 0.1) is 5.82 Å². The van der Waals surface area contributed by atoms with Crippen LogP contribution < -0.4 is 11.3 Å². The zero-order chi connectivity index (χ0) is 13.7. The van der Waals surface area contributed by atoms with E-state index >= 15 is 0 Å². The van der Waals surface area contributed by atoms with Gasteiger partial charge in [0, 0.05) is 15.7 Å². The molecular formula is C14H14ClFN2S. The van der Waals surface area contributed by atoms with Gasteiger partial charge in [-0.05, 0) is 42.0 Å². The van der Waals surface area contributed by atoms with Gasteiger partial charge in [-0.2, -0.15) is 0 Å². The van der Waals surface area contributed by atoms with Gasteiger partial charge in [-0.25, -0.2) is 4.39 Å². The fraction of sp³-hybridized carbons (Fsp3) is 0.143. The van der Waals surface area contributed by atoms with Crippen molar-refractivity contribution in [1.29, 1.82) is 0 Å². The number of benzene rings is 2. The van der Waals surface area contributed by atoms with Crippen molar-refractivity contribution in [2.45, 2.75) is 10.9 Å². The molecule has 0 aromatic heterocycles. The summed E-state index contributed by atoms with van der Waals surface area (Å²) in [7, 11) is 0. The van der Waals surface area contributed by atoms with Crippen LogP contribution in [-0.2, 0) is 0 Å². The van der Waals surface area contributed by atoms with Crippen LogP contribution in [-0.4, -0.2) is 5.75 Å². The van der Waals surface area contributed by atoms with Gasteiger partial charge in [0.15, 0.2) is 0 Å². The summed E-state index contributed by atoms with van der Waals surface area (Å²) >= 11 is 7.57. The summed E-state index contributed by atoms with van der Waals surface area (Å²) in [4.78, 5) is 1.00. The van der Waals surface area contributed by atoms with Gasteiger partial charge in [0.2, 0.25) is 0 Å². The standard InChI is InChI=1S/C14H14ClFN2S/c15-11-3-1-2-10(8-11)14(18-17)9-19-13-6-4-12(16)5-7-13/h1-8,14,18H,9,17H2. The van der Waals surface area contributed by atoms with Crippen LogP contribution in [0.15, 0.2) is 53.4 Å². The van der Waals surface area contributed by atoms with E-state index in [1.807, 2.05) is 24.3 Å². The molecule has 0 aliphatic carbocycles. The molecule has 0 fully saturated rings. The molecule has 100 valence electrons. The van der Waals surface area contributed by atoms with Crippen molar-refractivity contribution < 1.29 is 4.39 Å². The maximum Gasteiger partial charge on any atom is 0.123 e. The molecule has 2 aromatic rings. The zero-order valence-corrected chi connectivity index (χ0v) is 11.7. The Balaban J connectivity index is 2.01. The normalized spacial score (nSPS) is 12.4. The van der Waals surface area contributed by atoms with E-state index in [9.17, 15) is 4.39 Å². The van der Waals surface area contributed by atoms with E-state index in [-0.39, 0.29) is 11.9 Å². The third-order valence-corrected chi connectivity index (χ3v) is 4.02. The van der Waals surface area contributed by atoms with Gasteiger partial charge in [0.05, 0.1) is 6.04 Å². The third-order valence-electron chi connectivity index (χ3n) is 2.68. The molecule has 3 N–H and O–H groups in total.